The maximum absolute atomic E-state index is 11.2. The summed E-state index contributed by atoms with van der Waals surface area (Å²) in [4.78, 5) is 75.9. The van der Waals surface area contributed by atoms with Crippen molar-refractivity contribution in [2.75, 3.05) is 20.2 Å². The molecule has 0 atom stereocenters. The van der Waals surface area contributed by atoms with Crippen LogP contribution in [0.25, 0.3) is 0 Å². The third kappa shape index (κ3) is 37.4. The van der Waals surface area contributed by atoms with E-state index in [0.29, 0.717) is 18.6 Å². The van der Waals surface area contributed by atoms with Gasteiger partial charge in [-0.3, -0.25) is 24.0 Å². The standard InChI is InChI=1S/C8H15NO2.C8H14O2.C8H16O.C7H12O3/c1-6(2)8(11)9(4)5-7(3)10;1-6(2)8(10)5-4-7(3)9;1-7(2)5-4-6-8(3)9;1-5(2)7(9)10-4-6(3)8/h6H,5H2,1-4H3;6H,4-5H2,1-3H3;7H,4-6H2,1-3H3;5H,4H2,1-3H3. The fourth-order valence-electron chi connectivity index (χ4n) is 2.54. The van der Waals surface area contributed by atoms with Gasteiger partial charge in [0.25, 0.3) is 0 Å². The first kappa shape index (κ1) is 44.3. The van der Waals surface area contributed by atoms with Gasteiger partial charge in [-0.25, -0.2) is 0 Å². The number of hydrogen-bond acceptors (Lipinski definition) is 8. The number of carbonyl (C=O) groups is 7. The van der Waals surface area contributed by atoms with Gasteiger partial charge in [0.15, 0.2) is 5.78 Å². The van der Waals surface area contributed by atoms with E-state index >= 15 is 0 Å². The number of hydrogen-bond donors (Lipinski definition) is 0. The minimum Gasteiger partial charge on any atom is -0.457 e. The summed E-state index contributed by atoms with van der Waals surface area (Å²) in [5.74, 6) is 0.785. The number of esters is 1. The van der Waals surface area contributed by atoms with Crippen LogP contribution in [0.4, 0.5) is 0 Å². The maximum atomic E-state index is 11.2. The average molecular weight is 572 g/mol. The van der Waals surface area contributed by atoms with Gasteiger partial charge in [0.2, 0.25) is 5.91 Å². The summed E-state index contributed by atoms with van der Waals surface area (Å²) >= 11 is 0. The Labute approximate surface area is 243 Å². The van der Waals surface area contributed by atoms with E-state index in [1.54, 1.807) is 27.8 Å². The van der Waals surface area contributed by atoms with E-state index in [0.717, 1.165) is 18.8 Å². The molecule has 0 radical (unpaired) electrons. The van der Waals surface area contributed by atoms with Crippen molar-refractivity contribution >= 4 is 40.8 Å². The molecule has 0 saturated carbocycles. The molecule has 0 bridgehead atoms. The van der Waals surface area contributed by atoms with E-state index in [4.69, 9.17) is 0 Å². The molecule has 0 aromatic heterocycles. The summed E-state index contributed by atoms with van der Waals surface area (Å²) in [5.41, 5.74) is 0. The molecule has 0 saturated heterocycles. The number of ketones is 5. The van der Waals surface area contributed by atoms with Crippen LogP contribution in [0.1, 0.15) is 115 Å². The average Bonchev–Trinajstić information content (AvgIpc) is 2.80. The summed E-state index contributed by atoms with van der Waals surface area (Å²) in [7, 11) is 1.64. The van der Waals surface area contributed by atoms with Crippen molar-refractivity contribution in [1.82, 2.24) is 4.90 Å². The smallest absolute Gasteiger partial charge is 0.308 e. The number of likely N-dealkylation sites (N-methyl/N-ethyl adjacent to an activating group) is 1. The monoisotopic (exact) mass is 571 g/mol. The van der Waals surface area contributed by atoms with Crippen LogP contribution in [0.5, 0.6) is 0 Å². The van der Waals surface area contributed by atoms with Gasteiger partial charge < -0.3 is 19.2 Å². The molecule has 0 N–H and O–H groups in total. The minimum absolute atomic E-state index is 0.0141. The van der Waals surface area contributed by atoms with E-state index in [2.05, 4.69) is 18.6 Å². The van der Waals surface area contributed by atoms with Crippen LogP contribution in [0.2, 0.25) is 0 Å². The topological polar surface area (TPSA) is 132 Å². The molecule has 0 heterocycles. The van der Waals surface area contributed by atoms with Crippen molar-refractivity contribution in [3.63, 3.8) is 0 Å². The molecular weight excluding hydrogens is 514 g/mol. The molecule has 0 fully saturated rings. The summed E-state index contributed by atoms with van der Waals surface area (Å²) in [6.45, 7) is 21.3. The molecule has 0 aromatic carbocycles. The summed E-state index contributed by atoms with van der Waals surface area (Å²) in [6.07, 6.45) is 3.81. The van der Waals surface area contributed by atoms with Crippen molar-refractivity contribution < 1.29 is 38.3 Å². The largest absolute Gasteiger partial charge is 0.457 e. The molecule has 0 aliphatic heterocycles. The SMILES string of the molecule is CC(=O)CCC(=O)C(C)C.CC(=O)CCCC(C)C.CC(=O)CN(C)C(=O)C(C)C.CC(=O)COC(=O)C(C)C. The van der Waals surface area contributed by atoms with E-state index < -0.39 is 0 Å². The zero-order chi connectivity index (χ0) is 32.6. The Morgan fingerprint density at radius 3 is 1.38 bits per heavy atom. The van der Waals surface area contributed by atoms with Crippen LogP contribution in [0, 0.1) is 23.7 Å². The molecule has 1 amide bonds. The third-order valence-electron chi connectivity index (χ3n) is 4.90. The molecule has 0 aliphatic rings. The minimum atomic E-state index is -0.324. The predicted molar refractivity (Wildman–Crippen MR) is 159 cm³/mol. The van der Waals surface area contributed by atoms with Crippen LogP contribution in [0.3, 0.4) is 0 Å². The lowest BCUT2D eigenvalue weighted by Crippen LogP contribution is -2.34. The molecule has 9 heteroatoms. The summed E-state index contributed by atoms with van der Waals surface area (Å²) in [6, 6.07) is 0. The molecule has 0 unspecified atom stereocenters. The molecule has 0 aliphatic carbocycles. The second-order valence-electron chi connectivity index (χ2n) is 11.3. The maximum Gasteiger partial charge on any atom is 0.308 e. The van der Waals surface area contributed by atoms with Crippen molar-refractivity contribution in [3.8, 4) is 0 Å². The number of amides is 1. The lowest BCUT2D eigenvalue weighted by atomic mass is 10.0. The van der Waals surface area contributed by atoms with Gasteiger partial charge in [0.1, 0.15) is 29.7 Å². The Morgan fingerprint density at radius 2 is 1.07 bits per heavy atom. The van der Waals surface area contributed by atoms with E-state index in [-0.39, 0.29) is 65.9 Å². The fraction of sp³-hybridized carbons (Fsp3) is 0.774. The Morgan fingerprint density at radius 1 is 0.600 bits per heavy atom. The molecule has 40 heavy (non-hydrogen) atoms. The van der Waals surface area contributed by atoms with Crippen molar-refractivity contribution in [3.05, 3.63) is 0 Å². The van der Waals surface area contributed by atoms with Gasteiger partial charge in [0.05, 0.1) is 12.5 Å². The van der Waals surface area contributed by atoms with Gasteiger partial charge in [-0.1, -0.05) is 61.8 Å². The first-order valence-corrected chi connectivity index (χ1v) is 14.1. The third-order valence-corrected chi connectivity index (χ3v) is 4.90. The van der Waals surface area contributed by atoms with Crippen molar-refractivity contribution in [2.45, 2.75) is 115 Å². The lowest BCUT2D eigenvalue weighted by Gasteiger charge is -2.17. The van der Waals surface area contributed by atoms with E-state index in [9.17, 15) is 33.6 Å². The fourth-order valence-corrected chi connectivity index (χ4v) is 2.54. The van der Waals surface area contributed by atoms with E-state index in [1.807, 2.05) is 27.7 Å². The highest BCUT2D eigenvalue weighted by molar-refractivity contribution is 5.86. The van der Waals surface area contributed by atoms with Gasteiger partial charge in [-0.05, 0) is 40.0 Å². The van der Waals surface area contributed by atoms with Gasteiger partial charge in [-0.15, -0.1) is 0 Å². The number of Topliss-reactive ketones (excluding diaryl/α,β-unsaturated/α-hetero) is 5. The highest BCUT2D eigenvalue weighted by Gasteiger charge is 2.13. The number of carbonyl (C=O) groups excluding carboxylic acids is 7. The predicted octanol–water partition coefficient (Wildman–Crippen LogP) is 5.45. The molecule has 234 valence electrons. The second kappa shape index (κ2) is 26.5. The number of ether oxygens (including phenoxy) is 1. The van der Waals surface area contributed by atoms with E-state index in [1.165, 1.54) is 32.1 Å². The Bertz CT molecular complexity index is 748. The number of nitrogens with zero attached hydrogens (tertiary/aromatic N) is 1. The Kier molecular flexibility index (Phi) is 29.4. The summed E-state index contributed by atoms with van der Waals surface area (Å²) < 4.78 is 4.58. The Hall–Kier alpha value is -2.71. The van der Waals surface area contributed by atoms with Crippen LogP contribution in [-0.2, 0) is 38.3 Å². The second-order valence-corrected chi connectivity index (χ2v) is 11.3. The highest BCUT2D eigenvalue weighted by atomic mass is 16.5. The van der Waals surface area contributed by atoms with Gasteiger partial charge >= 0.3 is 5.97 Å². The highest BCUT2D eigenvalue weighted by Crippen LogP contribution is 2.05. The molecule has 0 spiro atoms. The molecule has 0 rings (SSSR count). The van der Waals surface area contributed by atoms with Gasteiger partial charge in [-0.2, -0.15) is 0 Å². The molecular formula is C31H57NO8. The molecule has 9 nitrogen and oxygen atoms in total. The first-order valence-electron chi connectivity index (χ1n) is 14.1. The molecule has 0 aromatic rings. The first-order chi connectivity index (χ1) is 18.1. The summed E-state index contributed by atoms with van der Waals surface area (Å²) in [5, 5.41) is 0. The quantitative estimate of drug-likeness (QED) is 0.252. The van der Waals surface area contributed by atoms with Crippen LogP contribution >= 0.6 is 0 Å². The van der Waals surface area contributed by atoms with Crippen molar-refractivity contribution in [2.24, 2.45) is 23.7 Å². The zero-order valence-corrected chi connectivity index (χ0v) is 27.5. The normalized spacial score (nSPS) is 9.93. The zero-order valence-electron chi connectivity index (χ0n) is 27.5. The lowest BCUT2D eigenvalue weighted by molar-refractivity contribution is -0.150. The van der Waals surface area contributed by atoms with Crippen molar-refractivity contribution in [1.29, 1.82) is 0 Å². The van der Waals surface area contributed by atoms with Crippen LogP contribution < -0.4 is 0 Å². The van der Waals surface area contributed by atoms with Crippen LogP contribution in [0.15, 0.2) is 0 Å². The Balaban J connectivity index is -0.000000217. The van der Waals surface area contributed by atoms with Gasteiger partial charge in [0, 0.05) is 38.1 Å². The number of rotatable bonds is 14. The van der Waals surface area contributed by atoms with Crippen LogP contribution in [-0.4, -0.2) is 65.9 Å².